The third-order valence-electron chi connectivity index (χ3n) is 2.81. The average Bonchev–Trinajstić information content (AvgIpc) is 1.85. The number of hydrogen-bond acceptors (Lipinski definition) is 1. The quantitative estimate of drug-likeness (QED) is 0.651. The van der Waals surface area contributed by atoms with Gasteiger partial charge in [0, 0.05) is 6.61 Å². The van der Waals surface area contributed by atoms with E-state index in [0.717, 1.165) is 24.2 Å². The van der Waals surface area contributed by atoms with Crippen LogP contribution in [0.25, 0.3) is 0 Å². The van der Waals surface area contributed by atoms with Gasteiger partial charge >= 0.3 is 0 Å². The van der Waals surface area contributed by atoms with Crippen LogP contribution in [0.2, 0.25) is 0 Å². The molecule has 0 amide bonds. The van der Waals surface area contributed by atoms with E-state index in [9.17, 15) is 0 Å². The highest BCUT2D eigenvalue weighted by Gasteiger charge is 2.22. The summed E-state index contributed by atoms with van der Waals surface area (Å²) < 4.78 is 0. The SMILES string of the molecule is C[C@@H]1CC(CCO)C[C@@H](C)C1. The first kappa shape index (κ1) is 9.05. The van der Waals surface area contributed by atoms with Gasteiger partial charge in [0.1, 0.15) is 0 Å². The lowest BCUT2D eigenvalue weighted by molar-refractivity contribution is 0.173. The van der Waals surface area contributed by atoms with Gasteiger partial charge in [0.25, 0.3) is 0 Å². The monoisotopic (exact) mass is 156 g/mol. The first-order valence-corrected chi connectivity index (χ1v) is 4.83. The molecule has 1 saturated carbocycles. The minimum atomic E-state index is 0.379. The van der Waals surface area contributed by atoms with E-state index >= 15 is 0 Å². The number of hydrogen-bond donors (Lipinski definition) is 1. The van der Waals surface area contributed by atoms with Gasteiger partial charge in [-0.25, -0.2) is 0 Å². The minimum Gasteiger partial charge on any atom is -0.396 e. The summed E-state index contributed by atoms with van der Waals surface area (Å²) in [6.07, 6.45) is 5.09. The predicted octanol–water partition coefficient (Wildman–Crippen LogP) is 2.44. The van der Waals surface area contributed by atoms with Gasteiger partial charge in [-0.3, -0.25) is 0 Å². The van der Waals surface area contributed by atoms with Gasteiger partial charge in [0.2, 0.25) is 0 Å². The number of aliphatic hydroxyl groups excluding tert-OH is 1. The Hall–Kier alpha value is -0.0400. The first-order chi connectivity index (χ1) is 5.22. The van der Waals surface area contributed by atoms with E-state index in [1.165, 1.54) is 19.3 Å². The third-order valence-corrected chi connectivity index (χ3v) is 2.81. The van der Waals surface area contributed by atoms with E-state index in [0.29, 0.717) is 6.61 Å². The molecule has 1 aliphatic carbocycles. The molecule has 11 heavy (non-hydrogen) atoms. The van der Waals surface area contributed by atoms with Crippen LogP contribution in [0.3, 0.4) is 0 Å². The highest BCUT2D eigenvalue weighted by atomic mass is 16.3. The zero-order valence-electron chi connectivity index (χ0n) is 7.71. The zero-order chi connectivity index (χ0) is 8.27. The van der Waals surface area contributed by atoms with E-state index in [4.69, 9.17) is 5.11 Å². The summed E-state index contributed by atoms with van der Waals surface area (Å²) in [7, 11) is 0. The summed E-state index contributed by atoms with van der Waals surface area (Å²) in [5.74, 6) is 2.57. The topological polar surface area (TPSA) is 20.2 Å². The molecule has 1 aliphatic rings. The van der Waals surface area contributed by atoms with Gasteiger partial charge in [-0.2, -0.15) is 0 Å². The third kappa shape index (κ3) is 2.82. The molecule has 1 heteroatoms. The summed E-state index contributed by atoms with van der Waals surface area (Å²) in [6, 6.07) is 0. The molecule has 0 aromatic heterocycles. The minimum absolute atomic E-state index is 0.379. The van der Waals surface area contributed by atoms with Crippen LogP contribution >= 0.6 is 0 Å². The maximum atomic E-state index is 8.79. The van der Waals surface area contributed by atoms with E-state index in [2.05, 4.69) is 13.8 Å². The molecule has 66 valence electrons. The average molecular weight is 156 g/mol. The first-order valence-electron chi connectivity index (χ1n) is 4.83. The lowest BCUT2D eigenvalue weighted by Gasteiger charge is -2.30. The molecular formula is C10H20O. The molecule has 0 aliphatic heterocycles. The van der Waals surface area contributed by atoms with E-state index in [1.54, 1.807) is 0 Å². The van der Waals surface area contributed by atoms with Crippen molar-refractivity contribution in [1.29, 1.82) is 0 Å². The molecule has 2 atom stereocenters. The fraction of sp³-hybridized carbons (Fsp3) is 1.00. The maximum Gasteiger partial charge on any atom is 0.0433 e. The fourth-order valence-electron chi connectivity index (χ4n) is 2.53. The van der Waals surface area contributed by atoms with Gasteiger partial charge in [-0.15, -0.1) is 0 Å². The van der Waals surface area contributed by atoms with Gasteiger partial charge in [0.05, 0.1) is 0 Å². The van der Waals surface area contributed by atoms with Crippen molar-refractivity contribution in [2.45, 2.75) is 39.5 Å². The van der Waals surface area contributed by atoms with Crippen molar-refractivity contribution in [1.82, 2.24) is 0 Å². The van der Waals surface area contributed by atoms with Crippen LogP contribution in [0.1, 0.15) is 39.5 Å². The van der Waals surface area contributed by atoms with Crippen molar-refractivity contribution in [2.75, 3.05) is 6.61 Å². The Morgan fingerprint density at radius 3 is 2.09 bits per heavy atom. The van der Waals surface area contributed by atoms with Crippen LogP contribution in [0.4, 0.5) is 0 Å². The molecule has 1 N–H and O–H groups in total. The van der Waals surface area contributed by atoms with Crippen LogP contribution in [0.15, 0.2) is 0 Å². The molecule has 0 unspecified atom stereocenters. The highest BCUT2D eigenvalue weighted by molar-refractivity contribution is 4.74. The van der Waals surface area contributed by atoms with Gasteiger partial charge in [-0.05, 0) is 43.4 Å². The molecule has 0 spiro atoms. The normalized spacial score (nSPS) is 39.0. The summed E-state index contributed by atoms with van der Waals surface area (Å²) in [4.78, 5) is 0. The Morgan fingerprint density at radius 2 is 1.64 bits per heavy atom. The van der Waals surface area contributed by atoms with Gasteiger partial charge in [-0.1, -0.05) is 13.8 Å². The van der Waals surface area contributed by atoms with E-state index in [-0.39, 0.29) is 0 Å². The zero-order valence-corrected chi connectivity index (χ0v) is 7.71. The Balaban J connectivity index is 2.30. The molecule has 1 rings (SSSR count). The molecule has 0 bridgehead atoms. The molecule has 1 nitrogen and oxygen atoms in total. The van der Waals surface area contributed by atoms with Crippen LogP contribution in [0.5, 0.6) is 0 Å². The van der Waals surface area contributed by atoms with Gasteiger partial charge < -0.3 is 5.11 Å². The molecule has 0 saturated heterocycles. The summed E-state index contributed by atoms with van der Waals surface area (Å²) in [5.41, 5.74) is 0. The Labute approximate surface area is 69.8 Å². The van der Waals surface area contributed by atoms with Crippen molar-refractivity contribution < 1.29 is 5.11 Å². The smallest absolute Gasteiger partial charge is 0.0433 e. The molecule has 0 aromatic rings. The molecule has 1 fully saturated rings. The van der Waals surface area contributed by atoms with Gasteiger partial charge in [0.15, 0.2) is 0 Å². The lowest BCUT2D eigenvalue weighted by Crippen LogP contribution is -2.20. The van der Waals surface area contributed by atoms with E-state index < -0.39 is 0 Å². The van der Waals surface area contributed by atoms with Crippen LogP contribution in [-0.4, -0.2) is 11.7 Å². The van der Waals surface area contributed by atoms with Crippen LogP contribution in [-0.2, 0) is 0 Å². The molecule has 0 heterocycles. The number of rotatable bonds is 2. The largest absolute Gasteiger partial charge is 0.396 e. The van der Waals surface area contributed by atoms with Crippen molar-refractivity contribution in [3.8, 4) is 0 Å². The summed E-state index contributed by atoms with van der Waals surface area (Å²) in [6.45, 7) is 5.05. The standard InChI is InChI=1S/C10H20O/c1-8-5-9(2)7-10(6-8)3-4-11/h8-11H,3-7H2,1-2H3/t8-,9-/m0/s1. The summed E-state index contributed by atoms with van der Waals surface area (Å²) >= 11 is 0. The van der Waals surface area contributed by atoms with Crippen molar-refractivity contribution in [3.63, 3.8) is 0 Å². The van der Waals surface area contributed by atoms with Crippen LogP contribution < -0.4 is 0 Å². The maximum absolute atomic E-state index is 8.79. The van der Waals surface area contributed by atoms with Crippen molar-refractivity contribution in [3.05, 3.63) is 0 Å². The lowest BCUT2D eigenvalue weighted by atomic mass is 9.76. The number of aliphatic hydroxyl groups is 1. The predicted molar refractivity (Wildman–Crippen MR) is 47.4 cm³/mol. The summed E-state index contributed by atoms with van der Waals surface area (Å²) in [5, 5.41) is 8.79. The van der Waals surface area contributed by atoms with Crippen LogP contribution in [0, 0.1) is 17.8 Å². The second-order valence-corrected chi connectivity index (χ2v) is 4.30. The second kappa shape index (κ2) is 4.10. The fourth-order valence-corrected chi connectivity index (χ4v) is 2.53. The molecule has 0 aromatic carbocycles. The second-order valence-electron chi connectivity index (χ2n) is 4.30. The molecular weight excluding hydrogens is 136 g/mol. The highest BCUT2D eigenvalue weighted by Crippen LogP contribution is 2.34. The Bertz CT molecular complexity index is 101. The Morgan fingerprint density at radius 1 is 1.09 bits per heavy atom. The van der Waals surface area contributed by atoms with Crippen molar-refractivity contribution in [2.24, 2.45) is 17.8 Å². The van der Waals surface area contributed by atoms with Crippen molar-refractivity contribution >= 4 is 0 Å². The molecule has 0 radical (unpaired) electrons. The Kier molecular flexibility index (Phi) is 3.38. The van der Waals surface area contributed by atoms with E-state index in [1.807, 2.05) is 0 Å².